The van der Waals surface area contributed by atoms with Crippen molar-refractivity contribution in [2.24, 2.45) is 0 Å². The summed E-state index contributed by atoms with van der Waals surface area (Å²) in [7, 11) is 0. The minimum absolute atomic E-state index is 0.0126. The third-order valence-electron chi connectivity index (χ3n) is 3.18. The number of carbonyl (C=O) groups excluding carboxylic acids is 1. The molecule has 1 fully saturated rings. The van der Waals surface area contributed by atoms with Crippen LogP contribution in [0.25, 0.3) is 6.08 Å². The van der Waals surface area contributed by atoms with Crippen LogP contribution in [0.1, 0.15) is 18.4 Å². The van der Waals surface area contributed by atoms with E-state index >= 15 is 0 Å². The van der Waals surface area contributed by atoms with E-state index in [-0.39, 0.29) is 18.6 Å². The van der Waals surface area contributed by atoms with Crippen molar-refractivity contribution in [3.05, 3.63) is 40.4 Å². The third kappa shape index (κ3) is 3.00. The molecule has 1 amide bonds. The Bertz CT molecular complexity index is 459. The van der Waals surface area contributed by atoms with Gasteiger partial charge in [0.2, 0.25) is 5.91 Å². The van der Waals surface area contributed by atoms with Gasteiger partial charge in [-0.25, -0.2) is 0 Å². The van der Waals surface area contributed by atoms with Crippen LogP contribution in [-0.2, 0) is 4.79 Å². The first-order valence-electron chi connectivity index (χ1n) is 6.06. The number of hydrogen-bond acceptors (Lipinski definition) is 2. The fraction of sp³-hybridized carbons (Fsp3) is 0.357. The van der Waals surface area contributed by atoms with Crippen molar-refractivity contribution in [1.29, 1.82) is 0 Å². The summed E-state index contributed by atoms with van der Waals surface area (Å²) in [4.78, 5) is 13.8. The van der Waals surface area contributed by atoms with Crippen molar-refractivity contribution in [2.45, 2.75) is 18.9 Å². The van der Waals surface area contributed by atoms with E-state index in [2.05, 4.69) is 15.9 Å². The maximum Gasteiger partial charge on any atom is 0.246 e. The number of likely N-dealkylation sites (tertiary alicyclic amines) is 1. The molecule has 1 aromatic rings. The average Bonchev–Trinajstić information content (AvgIpc) is 2.86. The Balaban J connectivity index is 2.05. The average molecular weight is 310 g/mol. The second kappa shape index (κ2) is 6.16. The Labute approximate surface area is 115 Å². The van der Waals surface area contributed by atoms with Gasteiger partial charge < -0.3 is 10.0 Å². The highest BCUT2D eigenvalue weighted by molar-refractivity contribution is 9.10. The minimum Gasteiger partial charge on any atom is -0.394 e. The molecule has 0 aromatic heterocycles. The van der Waals surface area contributed by atoms with Gasteiger partial charge >= 0.3 is 0 Å². The molecule has 4 heteroatoms. The number of carbonyl (C=O) groups is 1. The largest absolute Gasteiger partial charge is 0.394 e. The van der Waals surface area contributed by atoms with Gasteiger partial charge in [-0.3, -0.25) is 4.79 Å². The smallest absolute Gasteiger partial charge is 0.246 e. The van der Waals surface area contributed by atoms with Gasteiger partial charge in [0, 0.05) is 17.1 Å². The molecule has 1 aliphatic heterocycles. The van der Waals surface area contributed by atoms with Gasteiger partial charge in [0.05, 0.1) is 12.6 Å². The lowest BCUT2D eigenvalue weighted by Crippen LogP contribution is -2.36. The van der Waals surface area contributed by atoms with Crippen LogP contribution in [0.2, 0.25) is 0 Å². The quantitative estimate of drug-likeness (QED) is 0.871. The predicted molar refractivity (Wildman–Crippen MR) is 75.0 cm³/mol. The maximum atomic E-state index is 12.0. The molecule has 0 aliphatic carbocycles. The summed E-state index contributed by atoms with van der Waals surface area (Å²) in [6.45, 7) is 0.791. The summed E-state index contributed by atoms with van der Waals surface area (Å²) in [5.41, 5.74) is 0.977. The summed E-state index contributed by atoms with van der Waals surface area (Å²) in [6, 6.07) is 7.74. The van der Waals surface area contributed by atoms with Crippen molar-refractivity contribution in [3.8, 4) is 0 Å². The predicted octanol–water partition coefficient (Wildman–Crippen LogP) is 2.45. The first kappa shape index (κ1) is 13.3. The van der Waals surface area contributed by atoms with Gasteiger partial charge in [0.15, 0.2) is 0 Å². The lowest BCUT2D eigenvalue weighted by atomic mass is 10.2. The molecule has 1 saturated heterocycles. The molecule has 0 bridgehead atoms. The number of rotatable bonds is 3. The molecule has 1 heterocycles. The van der Waals surface area contributed by atoms with E-state index in [9.17, 15) is 9.90 Å². The maximum absolute atomic E-state index is 12.0. The number of benzene rings is 1. The molecule has 3 nitrogen and oxygen atoms in total. The van der Waals surface area contributed by atoms with Crippen LogP contribution >= 0.6 is 15.9 Å². The van der Waals surface area contributed by atoms with Gasteiger partial charge in [-0.2, -0.15) is 0 Å². The van der Waals surface area contributed by atoms with Crippen LogP contribution in [0.15, 0.2) is 34.8 Å². The molecule has 0 spiro atoms. The number of amides is 1. The van der Waals surface area contributed by atoms with Crippen molar-refractivity contribution in [3.63, 3.8) is 0 Å². The highest BCUT2D eigenvalue weighted by Gasteiger charge is 2.26. The fourth-order valence-electron chi connectivity index (χ4n) is 2.18. The first-order valence-corrected chi connectivity index (χ1v) is 6.85. The Hall–Kier alpha value is -1.13. The van der Waals surface area contributed by atoms with Gasteiger partial charge in [0.1, 0.15) is 0 Å². The van der Waals surface area contributed by atoms with E-state index in [1.165, 1.54) is 0 Å². The van der Waals surface area contributed by atoms with Crippen LogP contribution in [-0.4, -0.2) is 35.1 Å². The molecule has 1 N–H and O–H groups in total. The summed E-state index contributed by atoms with van der Waals surface area (Å²) in [5, 5.41) is 9.19. The van der Waals surface area contributed by atoms with Crippen LogP contribution < -0.4 is 0 Å². The number of hydrogen-bond donors (Lipinski definition) is 1. The van der Waals surface area contributed by atoms with Crippen molar-refractivity contribution >= 4 is 27.9 Å². The Kier molecular flexibility index (Phi) is 4.55. The minimum atomic E-state index is -0.0256. The van der Waals surface area contributed by atoms with E-state index < -0.39 is 0 Å². The summed E-state index contributed by atoms with van der Waals surface area (Å²) in [5.74, 6) is -0.0256. The van der Waals surface area contributed by atoms with Crippen LogP contribution in [0, 0.1) is 0 Å². The van der Waals surface area contributed by atoms with E-state index in [0.717, 1.165) is 29.4 Å². The van der Waals surface area contributed by atoms with Crippen LogP contribution in [0.4, 0.5) is 0 Å². The van der Waals surface area contributed by atoms with Gasteiger partial charge in [-0.1, -0.05) is 34.1 Å². The summed E-state index contributed by atoms with van der Waals surface area (Å²) < 4.78 is 0.967. The highest BCUT2D eigenvalue weighted by Crippen LogP contribution is 2.19. The van der Waals surface area contributed by atoms with Crippen LogP contribution in [0.3, 0.4) is 0 Å². The summed E-state index contributed by atoms with van der Waals surface area (Å²) >= 11 is 3.44. The van der Waals surface area contributed by atoms with Crippen molar-refractivity contribution < 1.29 is 9.90 Å². The van der Waals surface area contributed by atoms with Crippen LogP contribution in [0.5, 0.6) is 0 Å². The molecule has 0 radical (unpaired) electrons. The van der Waals surface area contributed by atoms with E-state index in [1.54, 1.807) is 17.1 Å². The third-order valence-corrected chi connectivity index (χ3v) is 3.90. The number of aliphatic hydroxyl groups excluding tert-OH is 1. The number of nitrogens with zero attached hydrogens (tertiary/aromatic N) is 1. The number of halogens is 1. The molecular formula is C14H16BrNO2. The molecule has 0 unspecified atom stereocenters. The fourth-order valence-corrected chi connectivity index (χ4v) is 2.60. The van der Waals surface area contributed by atoms with Gasteiger partial charge in [-0.05, 0) is 30.5 Å². The normalized spacial score (nSPS) is 19.7. The molecule has 0 saturated carbocycles. The lowest BCUT2D eigenvalue weighted by Gasteiger charge is -2.21. The molecule has 2 rings (SSSR count). The molecular weight excluding hydrogens is 294 g/mol. The lowest BCUT2D eigenvalue weighted by molar-refractivity contribution is -0.127. The Morgan fingerprint density at radius 1 is 1.50 bits per heavy atom. The van der Waals surface area contributed by atoms with E-state index in [4.69, 9.17) is 0 Å². The van der Waals surface area contributed by atoms with E-state index in [0.29, 0.717) is 0 Å². The van der Waals surface area contributed by atoms with Crippen molar-refractivity contribution in [1.82, 2.24) is 4.90 Å². The molecule has 96 valence electrons. The Morgan fingerprint density at radius 3 is 3.00 bits per heavy atom. The second-order valence-corrected chi connectivity index (χ2v) is 5.22. The van der Waals surface area contributed by atoms with Crippen molar-refractivity contribution in [2.75, 3.05) is 13.2 Å². The Morgan fingerprint density at radius 2 is 2.28 bits per heavy atom. The van der Waals surface area contributed by atoms with Gasteiger partial charge in [0.25, 0.3) is 0 Å². The zero-order chi connectivity index (χ0) is 13.0. The SMILES string of the molecule is O=C(/C=C/c1ccccc1Br)N1CCC[C@@H]1CO. The standard InChI is InChI=1S/C14H16BrNO2/c15-13-6-2-1-4-11(13)7-8-14(18)16-9-3-5-12(16)10-17/h1-2,4,6-8,12,17H,3,5,9-10H2/b8-7+/t12-/m1/s1. The second-order valence-electron chi connectivity index (χ2n) is 4.37. The van der Waals surface area contributed by atoms with Gasteiger partial charge in [-0.15, -0.1) is 0 Å². The monoisotopic (exact) mass is 309 g/mol. The van der Waals surface area contributed by atoms with E-state index in [1.807, 2.05) is 24.3 Å². The first-order chi connectivity index (χ1) is 8.72. The molecule has 18 heavy (non-hydrogen) atoms. The zero-order valence-corrected chi connectivity index (χ0v) is 11.6. The topological polar surface area (TPSA) is 40.5 Å². The molecule has 1 aromatic carbocycles. The number of aliphatic hydroxyl groups is 1. The highest BCUT2D eigenvalue weighted by atomic mass is 79.9. The molecule has 1 atom stereocenters. The molecule has 1 aliphatic rings. The zero-order valence-electron chi connectivity index (χ0n) is 10.1. The summed E-state index contributed by atoms with van der Waals surface area (Å²) in [6.07, 6.45) is 5.25.